The Bertz CT molecular complexity index is 745. The Morgan fingerprint density at radius 2 is 0.957 bits per heavy atom. The smallest absolute Gasteiger partial charge is 0.211 e. The minimum Gasteiger partial charge on any atom is -0.211 e. The second-order valence-corrected chi connectivity index (χ2v) is 9.13. The van der Waals surface area contributed by atoms with Gasteiger partial charge in [-0.25, -0.2) is 16.8 Å². The third kappa shape index (κ3) is 6.52. The van der Waals surface area contributed by atoms with E-state index in [1.165, 1.54) is 0 Å². The lowest BCUT2D eigenvalue weighted by molar-refractivity contribution is 0.576. The average molecular weight is 353 g/mol. The number of hydrogen-bond acceptors (Lipinski definition) is 4. The number of aryl methyl sites for hydroxylation is 2. The summed E-state index contributed by atoms with van der Waals surface area (Å²) in [6.07, 6.45) is 0.536. The summed E-state index contributed by atoms with van der Waals surface area (Å²) in [6.45, 7) is 0. The van der Waals surface area contributed by atoms with Crippen molar-refractivity contribution in [3.63, 3.8) is 0 Å². The van der Waals surface area contributed by atoms with E-state index in [4.69, 9.17) is 0 Å². The van der Waals surface area contributed by atoms with E-state index < -0.39 is 20.0 Å². The van der Waals surface area contributed by atoms with Crippen molar-refractivity contribution >= 4 is 20.0 Å². The Kier molecular flexibility index (Phi) is 5.92. The molecule has 0 radical (unpaired) electrons. The van der Waals surface area contributed by atoms with Crippen LogP contribution in [-0.4, -0.2) is 28.3 Å². The second kappa shape index (κ2) is 7.72. The maximum atomic E-state index is 11.9. The number of sulfonamides is 2. The normalized spacial score (nSPS) is 12.2. The van der Waals surface area contributed by atoms with Crippen molar-refractivity contribution in [3.8, 4) is 0 Å². The van der Waals surface area contributed by atoms with Crippen molar-refractivity contribution in [1.29, 1.82) is 0 Å². The van der Waals surface area contributed by atoms with Gasteiger partial charge < -0.3 is 0 Å². The molecular formula is C16H19NO4S2. The van der Waals surface area contributed by atoms with Gasteiger partial charge >= 0.3 is 0 Å². The van der Waals surface area contributed by atoms with Crippen LogP contribution >= 0.6 is 0 Å². The topological polar surface area (TPSA) is 80.3 Å². The van der Waals surface area contributed by atoms with Crippen LogP contribution in [0, 0.1) is 0 Å². The molecule has 124 valence electrons. The average Bonchev–Trinajstić information content (AvgIpc) is 2.52. The first-order valence-electron chi connectivity index (χ1n) is 7.18. The lowest BCUT2D eigenvalue weighted by Gasteiger charge is -2.08. The van der Waals surface area contributed by atoms with Crippen LogP contribution < -0.4 is 4.13 Å². The van der Waals surface area contributed by atoms with E-state index in [2.05, 4.69) is 0 Å². The van der Waals surface area contributed by atoms with Crippen molar-refractivity contribution in [1.82, 2.24) is 4.13 Å². The van der Waals surface area contributed by atoms with Gasteiger partial charge in [0.1, 0.15) is 0 Å². The summed E-state index contributed by atoms with van der Waals surface area (Å²) in [6, 6.07) is 18.1. The number of benzene rings is 2. The summed E-state index contributed by atoms with van der Waals surface area (Å²) in [4.78, 5) is 0. The molecule has 2 rings (SSSR count). The molecule has 0 aromatic heterocycles. The maximum Gasteiger partial charge on any atom is 0.224 e. The summed E-state index contributed by atoms with van der Waals surface area (Å²) in [7, 11) is -7.76. The molecule has 0 amide bonds. The summed E-state index contributed by atoms with van der Waals surface area (Å²) in [5.41, 5.74) is 1.69. The van der Waals surface area contributed by atoms with Crippen LogP contribution in [0.25, 0.3) is 0 Å². The van der Waals surface area contributed by atoms with Crippen molar-refractivity contribution in [2.75, 3.05) is 11.5 Å². The van der Waals surface area contributed by atoms with E-state index in [0.29, 0.717) is 0 Å². The van der Waals surface area contributed by atoms with E-state index in [9.17, 15) is 16.8 Å². The largest absolute Gasteiger partial charge is 0.224 e. The standard InChI is InChI=1S/C16H19NO4S2/c18-22(19,13-11-15-7-3-1-4-8-15)17-23(20,21)14-12-16-9-5-2-6-10-16/h1-10,17H,11-14H2. The molecule has 23 heavy (non-hydrogen) atoms. The molecule has 0 heterocycles. The Morgan fingerprint density at radius 3 is 1.30 bits per heavy atom. The van der Waals surface area contributed by atoms with E-state index in [-0.39, 0.29) is 24.3 Å². The van der Waals surface area contributed by atoms with Crippen LogP contribution in [0.1, 0.15) is 11.1 Å². The number of rotatable bonds is 8. The summed E-state index contributed by atoms with van der Waals surface area (Å²) in [5, 5.41) is 0. The van der Waals surface area contributed by atoms with Crippen LogP contribution in [0.5, 0.6) is 0 Å². The van der Waals surface area contributed by atoms with Crippen LogP contribution in [0.3, 0.4) is 0 Å². The quantitative estimate of drug-likeness (QED) is 0.784. The first-order valence-corrected chi connectivity index (χ1v) is 10.5. The predicted molar refractivity (Wildman–Crippen MR) is 91.0 cm³/mol. The van der Waals surface area contributed by atoms with Crippen molar-refractivity contribution in [2.45, 2.75) is 12.8 Å². The first-order chi connectivity index (χ1) is 10.9. The molecule has 0 atom stereocenters. The molecule has 7 heteroatoms. The van der Waals surface area contributed by atoms with Crippen LogP contribution in [0.15, 0.2) is 60.7 Å². The number of hydrogen-bond donors (Lipinski definition) is 1. The number of nitrogens with one attached hydrogen (secondary N) is 1. The molecule has 0 saturated heterocycles. The second-order valence-electron chi connectivity index (χ2n) is 5.19. The third-order valence-corrected chi connectivity index (χ3v) is 6.77. The van der Waals surface area contributed by atoms with Gasteiger partial charge in [-0.05, 0) is 24.0 Å². The van der Waals surface area contributed by atoms with Crippen molar-refractivity contribution in [3.05, 3.63) is 71.8 Å². The maximum absolute atomic E-state index is 11.9. The first kappa shape index (κ1) is 17.7. The fourth-order valence-electron chi connectivity index (χ4n) is 2.07. The van der Waals surface area contributed by atoms with E-state index in [1.54, 1.807) is 24.3 Å². The van der Waals surface area contributed by atoms with Gasteiger partial charge in [-0.15, -0.1) is 4.13 Å². The molecule has 0 aliphatic carbocycles. The molecule has 0 fully saturated rings. The lowest BCUT2D eigenvalue weighted by atomic mass is 10.2. The minimum atomic E-state index is -3.88. The van der Waals surface area contributed by atoms with Crippen LogP contribution in [0.2, 0.25) is 0 Å². The Morgan fingerprint density at radius 1 is 0.609 bits per heavy atom. The highest BCUT2D eigenvalue weighted by Crippen LogP contribution is 2.04. The van der Waals surface area contributed by atoms with Crippen molar-refractivity contribution in [2.24, 2.45) is 0 Å². The summed E-state index contributed by atoms with van der Waals surface area (Å²) >= 11 is 0. The molecule has 0 spiro atoms. The molecule has 2 aromatic rings. The van der Waals surface area contributed by atoms with Crippen LogP contribution in [0.4, 0.5) is 0 Å². The van der Waals surface area contributed by atoms with Crippen molar-refractivity contribution < 1.29 is 16.8 Å². The highest BCUT2D eigenvalue weighted by Gasteiger charge is 2.20. The lowest BCUT2D eigenvalue weighted by Crippen LogP contribution is -2.35. The highest BCUT2D eigenvalue weighted by molar-refractivity contribution is 8.04. The molecular weight excluding hydrogens is 334 g/mol. The van der Waals surface area contributed by atoms with Gasteiger partial charge in [-0.2, -0.15) is 0 Å². The molecule has 1 N–H and O–H groups in total. The molecule has 0 saturated carbocycles. The zero-order valence-electron chi connectivity index (χ0n) is 12.6. The Hall–Kier alpha value is -1.70. The van der Waals surface area contributed by atoms with Gasteiger partial charge in [-0.3, -0.25) is 0 Å². The monoisotopic (exact) mass is 353 g/mol. The zero-order valence-corrected chi connectivity index (χ0v) is 14.2. The molecule has 0 unspecified atom stereocenters. The zero-order chi connectivity index (χ0) is 16.8. The summed E-state index contributed by atoms with van der Waals surface area (Å²) < 4.78 is 49.6. The van der Waals surface area contributed by atoms with Gasteiger partial charge in [0.25, 0.3) is 0 Å². The van der Waals surface area contributed by atoms with Gasteiger partial charge in [0.15, 0.2) is 0 Å². The van der Waals surface area contributed by atoms with Gasteiger partial charge in [-0.1, -0.05) is 60.7 Å². The Labute approximate surface area is 137 Å². The third-order valence-electron chi connectivity index (χ3n) is 3.26. The Balaban J connectivity index is 1.90. The predicted octanol–water partition coefficient (Wildman–Crippen LogP) is 1.72. The molecule has 0 aliphatic rings. The SMILES string of the molecule is O=S(=O)(CCc1ccccc1)NS(=O)(=O)CCc1ccccc1. The van der Waals surface area contributed by atoms with Crippen LogP contribution in [-0.2, 0) is 32.9 Å². The van der Waals surface area contributed by atoms with E-state index in [0.717, 1.165) is 11.1 Å². The fourth-order valence-corrected chi connectivity index (χ4v) is 5.29. The molecule has 0 bridgehead atoms. The molecule has 5 nitrogen and oxygen atoms in total. The molecule has 0 aliphatic heterocycles. The summed E-state index contributed by atoms with van der Waals surface area (Å²) in [5.74, 6) is -0.525. The van der Waals surface area contributed by atoms with Gasteiger partial charge in [0.05, 0.1) is 11.5 Å². The van der Waals surface area contributed by atoms with E-state index >= 15 is 0 Å². The minimum absolute atomic E-state index is 0.262. The fraction of sp³-hybridized carbons (Fsp3) is 0.250. The van der Waals surface area contributed by atoms with Gasteiger partial charge in [0.2, 0.25) is 20.0 Å². The van der Waals surface area contributed by atoms with Gasteiger partial charge in [0, 0.05) is 0 Å². The van der Waals surface area contributed by atoms with E-state index in [1.807, 2.05) is 40.5 Å². The molecule has 2 aromatic carbocycles. The highest BCUT2D eigenvalue weighted by atomic mass is 32.3.